The summed E-state index contributed by atoms with van der Waals surface area (Å²) in [6.45, 7) is 2.18. The number of aromatic nitrogens is 1. The lowest BCUT2D eigenvalue weighted by Gasteiger charge is -2.25. The predicted molar refractivity (Wildman–Crippen MR) is 120 cm³/mol. The van der Waals surface area contributed by atoms with Crippen molar-refractivity contribution in [1.29, 1.82) is 0 Å². The number of rotatable bonds is 9. The van der Waals surface area contributed by atoms with E-state index in [9.17, 15) is 9.59 Å². The molecule has 30 heavy (non-hydrogen) atoms. The first-order valence-electron chi connectivity index (χ1n) is 9.90. The van der Waals surface area contributed by atoms with Gasteiger partial charge in [-0.15, -0.1) is 11.3 Å². The normalized spacial score (nSPS) is 16.5. The van der Waals surface area contributed by atoms with Crippen molar-refractivity contribution in [3.05, 3.63) is 59.1 Å². The topological polar surface area (TPSA) is 82.5 Å². The van der Waals surface area contributed by atoms with E-state index in [0.29, 0.717) is 18.7 Å². The van der Waals surface area contributed by atoms with E-state index in [1.54, 1.807) is 5.38 Å². The molecule has 1 saturated heterocycles. The molecule has 156 valence electrons. The Bertz CT molecular complexity index is 1050. The molecule has 1 fully saturated rings. The number of hydrogen-bond donors (Lipinski definition) is 2. The molecule has 2 heterocycles. The van der Waals surface area contributed by atoms with Crippen molar-refractivity contribution in [3.63, 3.8) is 0 Å². The minimum absolute atomic E-state index is 0.0789. The van der Waals surface area contributed by atoms with Gasteiger partial charge < -0.3 is 15.3 Å². The monoisotopic (exact) mass is 441 g/mol. The van der Waals surface area contributed by atoms with Gasteiger partial charge in [0.2, 0.25) is 5.91 Å². The zero-order valence-electron chi connectivity index (χ0n) is 16.4. The molecule has 0 bridgehead atoms. The Morgan fingerprint density at radius 3 is 2.93 bits per heavy atom. The van der Waals surface area contributed by atoms with E-state index in [1.165, 1.54) is 39.4 Å². The molecule has 1 aliphatic heterocycles. The van der Waals surface area contributed by atoms with E-state index in [-0.39, 0.29) is 17.6 Å². The fourth-order valence-electron chi connectivity index (χ4n) is 3.79. The second-order valence-electron chi connectivity index (χ2n) is 7.20. The third-order valence-electron chi connectivity index (χ3n) is 5.29. The molecule has 1 unspecified atom stereocenters. The third-order valence-corrected chi connectivity index (χ3v) is 7.29. The zero-order chi connectivity index (χ0) is 20.9. The molecule has 4 rings (SSSR count). The Hall–Kier alpha value is -2.42. The van der Waals surface area contributed by atoms with Crippen molar-refractivity contribution in [3.8, 4) is 0 Å². The summed E-state index contributed by atoms with van der Waals surface area (Å²) in [5.74, 6) is -0.110. The maximum absolute atomic E-state index is 12.3. The molecular weight excluding hydrogens is 418 g/mol. The Labute approximate surface area is 183 Å². The van der Waals surface area contributed by atoms with Crippen LogP contribution < -0.4 is 5.32 Å². The van der Waals surface area contributed by atoms with Crippen LogP contribution >= 0.6 is 23.1 Å². The summed E-state index contributed by atoms with van der Waals surface area (Å²) >= 11 is 2.83. The summed E-state index contributed by atoms with van der Waals surface area (Å²) in [4.78, 5) is 29.3. The lowest BCUT2D eigenvalue weighted by atomic mass is 10.0. The van der Waals surface area contributed by atoms with E-state index in [0.717, 1.165) is 23.8 Å². The highest BCUT2D eigenvalue weighted by molar-refractivity contribution is 8.01. The number of carbonyl (C=O) groups is 2. The molecule has 1 aliphatic rings. The molecule has 2 aromatic carbocycles. The third kappa shape index (κ3) is 4.83. The van der Waals surface area contributed by atoms with Crippen LogP contribution in [0.2, 0.25) is 0 Å². The molecule has 1 atom stereocenters. The number of hydrogen-bond acceptors (Lipinski definition) is 6. The molecule has 0 saturated carbocycles. The number of amides is 1. The van der Waals surface area contributed by atoms with Crippen LogP contribution in [0.3, 0.4) is 0 Å². The van der Waals surface area contributed by atoms with Gasteiger partial charge in [-0.2, -0.15) is 0 Å². The van der Waals surface area contributed by atoms with E-state index >= 15 is 0 Å². The molecule has 8 heteroatoms. The van der Waals surface area contributed by atoms with Crippen molar-refractivity contribution < 1.29 is 14.7 Å². The number of thioether (sulfide) groups is 1. The van der Waals surface area contributed by atoms with Crippen molar-refractivity contribution in [1.82, 2.24) is 15.2 Å². The van der Waals surface area contributed by atoms with Crippen molar-refractivity contribution in [2.24, 2.45) is 0 Å². The maximum atomic E-state index is 12.3. The fraction of sp³-hybridized carbons (Fsp3) is 0.318. The number of carbonyl (C=O) groups excluding carboxylic acids is 1. The quantitative estimate of drug-likeness (QED) is 0.491. The van der Waals surface area contributed by atoms with Gasteiger partial charge in [0.05, 0.1) is 0 Å². The minimum atomic E-state index is -1.01. The standard InChI is InChI=1S/C22H23N3O3S2/c26-20-9-8-17(25(20)10-11-29-22-24-19(14-30-22)21(27)28)13-23-12-16-6-3-5-15-4-1-2-7-18(15)16/h1-7,14,17,23H,8-13H2,(H,27,28). The van der Waals surface area contributed by atoms with Gasteiger partial charge in [-0.1, -0.05) is 54.2 Å². The summed E-state index contributed by atoms with van der Waals surface area (Å²) in [5.41, 5.74) is 1.34. The minimum Gasteiger partial charge on any atom is -0.476 e. The van der Waals surface area contributed by atoms with Crippen LogP contribution in [0.5, 0.6) is 0 Å². The first-order valence-corrected chi connectivity index (χ1v) is 11.8. The van der Waals surface area contributed by atoms with Crippen molar-refractivity contribution >= 4 is 45.7 Å². The van der Waals surface area contributed by atoms with Gasteiger partial charge in [-0.05, 0) is 22.8 Å². The largest absolute Gasteiger partial charge is 0.476 e. The Morgan fingerprint density at radius 2 is 2.10 bits per heavy atom. The number of aromatic carboxylic acids is 1. The maximum Gasteiger partial charge on any atom is 0.355 e. The number of benzene rings is 2. The Morgan fingerprint density at radius 1 is 1.27 bits per heavy atom. The van der Waals surface area contributed by atoms with E-state index in [4.69, 9.17) is 5.11 Å². The number of carboxylic acids is 1. The number of nitrogens with one attached hydrogen (secondary N) is 1. The summed E-state index contributed by atoms with van der Waals surface area (Å²) in [5, 5.41) is 16.5. The Kier molecular flexibility index (Phi) is 6.66. The van der Waals surface area contributed by atoms with E-state index in [1.807, 2.05) is 11.0 Å². The second-order valence-corrected chi connectivity index (χ2v) is 9.40. The summed E-state index contributed by atoms with van der Waals surface area (Å²) in [7, 11) is 0. The van der Waals surface area contributed by atoms with Crippen LogP contribution in [-0.2, 0) is 11.3 Å². The van der Waals surface area contributed by atoms with Crippen molar-refractivity contribution in [2.75, 3.05) is 18.8 Å². The van der Waals surface area contributed by atoms with Gasteiger partial charge in [0, 0.05) is 43.2 Å². The molecule has 0 aliphatic carbocycles. The van der Waals surface area contributed by atoms with Crippen LogP contribution in [-0.4, -0.2) is 51.8 Å². The number of nitrogens with zero attached hydrogens (tertiary/aromatic N) is 2. The number of thiazole rings is 1. The molecule has 2 N–H and O–H groups in total. The van der Waals surface area contributed by atoms with Gasteiger partial charge in [0.25, 0.3) is 0 Å². The van der Waals surface area contributed by atoms with Crippen LogP contribution in [0.1, 0.15) is 28.9 Å². The van der Waals surface area contributed by atoms with Gasteiger partial charge in [-0.3, -0.25) is 4.79 Å². The fourth-order valence-corrected chi connectivity index (χ4v) is 5.59. The van der Waals surface area contributed by atoms with Crippen LogP contribution in [0, 0.1) is 0 Å². The van der Waals surface area contributed by atoms with E-state index in [2.05, 4.69) is 46.7 Å². The second kappa shape index (κ2) is 9.59. The van der Waals surface area contributed by atoms with E-state index < -0.39 is 5.97 Å². The summed E-state index contributed by atoms with van der Waals surface area (Å²) in [6, 6.07) is 14.9. The number of likely N-dealkylation sites (tertiary alicyclic amines) is 1. The average Bonchev–Trinajstić information content (AvgIpc) is 3.36. The number of fused-ring (bicyclic) bond motifs is 1. The van der Waals surface area contributed by atoms with Gasteiger partial charge in [0.1, 0.15) is 0 Å². The van der Waals surface area contributed by atoms with Crippen LogP contribution in [0.4, 0.5) is 0 Å². The summed E-state index contributed by atoms with van der Waals surface area (Å²) < 4.78 is 0.727. The average molecular weight is 442 g/mol. The summed E-state index contributed by atoms with van der Waals surface area (Å²) in [6.07, 6.45) is 1.46. The number of carboxylic acid groups (broad SMARTS) is 1. The van der Waals surface area contributed by atoms with Gasteiger partial charge >= 0.3 is 5.97 Å². The van der Waals surface area contributed by atoms with Gasteiger partial charge in [-0.25, -0.2) is 9.78 Å². The SMILES string of the molecule is O=C(O)c1csc(SCCN2C(=O)CCC2CNCc2cccc3ccccc23)n1. The molecule has 0 radical (unpaired) electrons. The van der Waals surface area contributed by atoms with Gasteiger partial charge in [0.15, 0.2) is 10.0 Å². The lowest BCUT2D eigenvalue weighted by Crippen LogP contribution is -2.41. The highest BCUT2D eigenvalue weighted by Gasteiger charge is 2.30. The molecule has 3 aromatic rings. The molecule has 1 aromatic heterocycles. The van der Waals surface area contributed by atoms with Crippen molar-refractivity contribution in [2.45, 2.75) is 29.8 Å². The van der Waals surface area contributed by atoms with Crippen LogP contribution in [0.25, 0.3) is 10.8 Å². The Balaban J connectivity index is 1.29. The predicted octanol–water partition coefficient (Wildman–Crippen LogP) is 3.87. The smallest absolute Gasteiger partial charge is 0.355 e. The molecule has 1 amide bonds. The highest BCUT2D eigenvalue weighted by atomic mass is 32.2. The molecular formula is C22H23N3O3S2. The first kappa shape index (κ1) is 20.8. The first-order chi connectivity index (χ1) is 14.6. The zero-order valence-corrected chi connectivity index (χ0v) is 18.0. The van der Waals surface area contributed by atoms with Crippen LogP contribution in [0.15, 0.2) is 52.2 Å². The molecule has 6 nitrogen and oxygen atoms in total. The molecule has 0 spiro atoms. The highest BCUT2D eigenvalue weighted by Crippen LogP contribution is 2.25. The lowest BCUT2D eigenvalue weighted by molar-refractivity contribution is -0.128.